The van der Waals surface area contributed by atoms with Crippen molar-refractivity contribution < 1.29 is 23.8 Å². The van der Waals surface area contributed by atoms with Crippen LogP contribution in [0.15, 0.2) is 60.7 Å². The Hall–Kier alpha value is -2.79. The quantitative estimate of drug-likeness (QED) is 0.526. The van der Waals surface area contributed by atoms with Crippen LogP contribution in [0, 0.1) is 0 Å². The highest BCUT2D eigenvalue weighted by Gasteiger charge is 2.19. The molecule has 138 valence electrons. The molecule has 0 aliphatic heterocycles. The maximum absolute atomic E-state index is 11.7. The number of rotatable bonds is 4. The molecular weight excluding hydrogens is 365 g/mol. The second-order valence-corrected chi connectivity index (χ2v) is 7.77. The van der Waals surface area contributed by atoms with Crippen LogP contribution in [-0.2, 0) is 4.57 Å². The smallest absolute Gasteiger partial charge is 0.356 e. The molecule has 1 heterocycles. The van der Waals surface area contributed by atoms with Crippen LogP contribution in [0.2, 0.25) is 0 Å². The number of ether oxygens (including phenoxy) is 2. The number of hydrogen-bond donors (Lipinski definition) is 2. The molecule has 6 nitrogen and oxygen atoms in total. The SMILES string of the molecule is COc1ccc2c3ccc(OC)cc3n(-c3cccc(P(=O)(O)O)c3)c2c1. The molecule has 7 heteroatoms. The van der Waals surface area contributed by atoms with E-state index in [9.17, 15) is 14.4 Å². The summed E-state index contributed by atoms with van der Waals surface area (Å²) in [7, 11) is -1.16. The molecule has 27 heavy (non-hydrogen) atoms. The molecule has 0 aliphatic carbocycles. The van der Waals surface area contributed by atoms with E-state index in [1.165, 1.54) is 12.1 Å². The fourth-order valence-electron chi connectivity index (χ4n) is 3.32. The molecule has 0 fully saturated rings. The van der Waals surface area contributed by atoms with Gasteiger partial charge in [-0.1, -0.05) is 6.07 Å². The topological polar surface area (TPSA) is 80.9 Å². The van der Waals surface area contributed by atoms with Crippen LogP contribution in [0.3, 0.4) is 0 Å². The Morgan fingerprint density at radius 1 is 0.815 bits per heavy atom. The van der Waals surface area contributed by atoms with Crippen molar-refractivity contribution in [2.24, 2.45) is 0 Å². The Morgan fingerprint density at radius 3 is 1.85 bits per heavy atom. The second kappa shape index (κ2) is 6.43. The van der Waals surface area contributed by atoms with E-state index in [1.807, 2.05) is 47.0 Å². The molecule has 2 N–H and O–H groups in total. The largest absolute Gasteiger partial charge is 0.497 e. The van der Waals surface area contributed by atoms with E-state index in [2.05, 4.69) is 0 Å². The van der Waals surface area contributed by atoms with Crippen molar-refractivity contribution in [1.29, 1.82) is 0 Å². The average molecular weight is 383 g/mol. The van der Waals surface area contributed by atoms with E-state index in [1.54, 1.807) is 20.3 Å². The molecular formula is C20H18NO5P. The Morgan fingerprint density at radius 2 is 1.37 bits per heavy atom. The Kier molecular flexibility index (Phi) is 4.19. The summed E-state index contributed by atoms with van der Waals surface area (Å²) >= 11 is 0. The van der Waals surface area contributed by atoms with Crippen molar-refractivity contribution in [3.63, 3.8) is 0 Å². The zero-order valence-corrected chi connectivity index (χ0v) is 15.7. The van der Waals surface area contributed by atoms with E-state index in [4.69, 9.17) is 9.47 Å². The van der Waals surface area contributed by atoms with Gasteiger partial charge in [-0.3, -0.25) is 4.57 Å². The summed E-state index contributed by atoms with van der Waals surface area (Å²) in [6, 6.07) is 18.0. The summed E-state index contributed by atoms with van der Waals surface area (Å²) in [6.45, 7) is 0. The molecule has 0 amide bonds. The van der Waals surface area contributed by atoms with Crippen molar-refractivity contribution in [3.8, 4) is 17.2 Å². The normalized spacial score (nSPS) is 11.9. The molecule has 0 bridgehead atoms. The molecule has 0 atom stereocenters. The number of nitrogens with zero attached hydrogens (tertiary/aromatic N) is 1. The van der Waals surface area contributed by atoms with Crippen LogP contribution < -0.4 is 14.8 Å². The van der Waals surface area contributed by atoms with Crippen LogP contribution in [0.1, 0.15) is 0 Å². The molecule has 0 unspecified atom stereocenters. The molecule has 0 saturated carbocycles. The first kappa shape index (κ1) is 17.6. The van der Waals surface area contributed by atoms with Gasteiger partial charge in [-0.25, -0.2) is 0 Å². The lowest BCUT2D eigenvalue weighted by molar-refractivity contribution is 0.387. The van der Waals surface area contributed by atoms with E-state index in [0.717, 1.165) is 21.8 Å². The lowest BCUT2D eigenvalue weighted by atomic mass is 10.1. The lowest BCUT2D eigenvalue weighted by Crippen LogP contribution is -2.06. The van der Waals surface area contributed by atoms with Gasteiger partial charge in [0.15, 0.2) is 0 Å². The Bertz CT molecular complexity index is 1150. The van der Waals surface area contributed by atoms with Gasteiger partial charge < -0.3 is 23.8 Å². The zero-order valence-electron chi connectivity index (χ0n) is 14.8. The van der Waals surface area contributed by atoms with Crippen LogP contribution in [0.25, 0.3) is 27.5 Å². The summed E-state index contributed by atoms with van der Waals surface area (Å²) in [5, 5.41) is 1.99. The van der Waals surface area contributed by atoms with Crippen molar-refractivity contribution in [1.82, 2.24) is 4.57 Å². The molecule has 1 aromatic heterocycles. The van der Waals surface area contributed by atoms with Gasteiger partial charge in [-0.15, -0.1) is 0 Å². The van der Waals surface area contributed by atoms with Crippen molar-refractivity contribution in [2.75, 3.05) is 14.2 Å². The van der Waals surface area contributed by atoms with E-state index in [-0.39, 0.29) is 5.30 Å². The van der Waals surface area contributed by atoms with Crippen LogP contribution >= 0.6 is 7.60 Å². The van der Waals surface area contributed by atoms with Crippen molar-refractivity contribution in [2.45, 2.75) is 0 Å². The number of fused-ring (bicyclic) bond motifs is 3. The monoisotopic (exact) mass is 383 g/mol. The Labute approximate surface area is 155 Å². The summed E-state index contributed by atoms with van der Waals surface area (Å²) in [5.74, 6) is 1.40. The third kappa shape index (κ3) is 2.98. The lowest BCUT2D eigenvalue weighted by Gasteiger charge is -2.11. The fraction of sp³-hybridized carbons (Fsp3) is 0.100. The summed E-state index contributed by atoms with van der Waals surface area (Å²) in [5.41, 5.74) is 2.40. The van der Waals surface area contributed by atoms with Gasteiger partial charge in [0.25, 0.3) is 0 Å². The van der Waals surface area contributed by atoms with Crippen LogP contribution in [-0.4, -0.2) is 28.6 Å². The minimum absolute atomic E-state index is 0.0270. The van der Waals surface area contributed by atoms with Gasteiger partial charge in [-0.05, 0) is 42.5 Å². The maximum atomic E-state index is 11.7. The van der Waals surface area contributed by atoms with Crippen LogP contribution in [0.4, 0.5) is 0 Å². The first-order chi connectivity index (χ1) is 12.9. The zero-order chi connectivity index (χ0) is 19.2. The Balaban J connectivity index is 2.12. The van der Waals surface area contributed by atoms with Gasteiger partial charge >= 0.3 is 7.60 Å². The highest BCUT2D eigenvalue weighted by Crippen LogP contribution is 2.37. The third-order valence-corrected chi connectivity index (χ3v) is 5.56. The standard InChI is InChI=1S/C20H18NO5P/c1-25-14-6-8-17-18-9-7-15(26-2)12-20(18)21(19(17)11-14)13-4-3-5-16(10-13)27(22,23)24/h3-12H,1-2H3,(H2,22,23,24). The first-order valence-corrected chi connectivity index (χ1v) is 9.86. The predicted octanol–water partition coefficient (Wildman–Crippen LogP) is 3.60. The van der Waals surface area contributed by atoms with Gasteiger partial charge in [0.2, 0.25) is 0 Å². The number of hydrogen-bond acceptors (Lipinski definition) is 3. The van der Waals surface area contributed by atoms with Crippen molar-refractivity contribution in [3.05, 3.63) is 60.7 Å². The molecule has 0 saturated heterocycles. The number of aromatic nitrogens is 1. The molecule has 0 radical (unpaired) electrons. The molecule has 3 aromatic carbocycles. The van der Waals surface area contributed by atoms with E-state index in [0.29, 0.717) is 17.2 Å². The maximum Gasteiger partial charge on any atom is 0.356 e. The minimum atomic E-state index is -4.36. The van der Waals surface area contributed by atoms with E-state index < -0.39 is 7.60 Å². The minimum Gasteiger partial charge on any atom is -0.497 e. The third-order valence-electron chi connectivity index (χ3n) is 4.61. The summed E-state index contributed by atoms with van der Waals surface area (Å²) in [4.78, 5) is 19.1. The van der Waals surface area contributed by atoms with Gasteiger partial charge in [0, 0.05) is 28.6 Å². The highest BCUT2D eigenvalue weighted by molar-refractivity contribution is 7.60. The van der Waals surface area contributed by atoms with Crippen molar-refractivity contribution >= 4 is 34.7 Å². The van der Waals surface area contributed by atoms with Gasteiger partial charge in [0.05, 0.1) is 30.6 Å². The fourth-order valence-corrected chi connectivity index (χ4v) is 3.90. The summed E-state index contributed by atoms with van der Waals surface area (Å²) < 4.78 is 24.4. The van der Waals surface area contributed by atoms with Crippen LogP contribution in [0.5, 0.6) is 11.5 Å². The average Bonchev–Trinajstić information content (AvgIpc) is 2.99. The number of benzene rings is 3. The van der Waals surface area contributed by atoms with E-state index >= 15 is 0 Å². The molecule has 0 spiro atoms. The molecule has 4 aromatic rings. The van der Waals surface area contributed by atoms with Gasteiger partial charge in [-0.2, -0.15) is 0 Å². The summed E-state index contributed by atoms with van der Waals surface area (Å²) in [6.07, 6.45) is 0. The number of methoxy groups -OCH3 is 2. The molecule has 0 aliphatic rings. The van der Waals surface area contributed by atoms with Gasteiger partial charge in [0.1, 0.15) is 11.5 Å². The highest BCUT2D eigenvalue weighted by atomic mass is 31.2. The predicted molar refractivity (Wildman–Crippen MR) is 106 cm³/mol. The molecule has 4 rings (SSSR count). The second-order valence-electron chi connectivity index (χ2n) is 6.17. The first-order valence-electron chi connectivity index (χ1n) is 8.25.